The van der Waals surface area contributed by atoms with Crippen LogP contribution < -0.4 is 0 Å². The number of rotatable bonds is 2. The molecule has 1 fully saturated rings. The molecule has 3 heteroatoms. The Bertz CT molecular complexity index is 108. The quantitative estimate of drug-likeness (QED) is 0.577. The molecule has 0 spiro atoms. The molecule has 2 nitrogen and oxygen atoms in total. The minimum atomic E-state index is -0.625. The van der Waals surface area contributed by atoms with E-state index < -0.39 is 5.97 Å². The second kappa shape index (κ2) is 3.11. The van der Waals surface area contributed by atoms with E-state index >= 15 is 0 Å². The summed E-state index contributed by atoms with van der Waals surface area (Å²) in [7, 11) is 0.243. The molecule has 0 aliphatic carbocycles. The minimum Gasteiger partial charge on any atom is -0.478 e. The lowest BCUT2D eigenvalue weighted by Gasteiger charge is -1.92. The molecular formula is C6H11O2S+. The highest BCUT2D eigenvalue weighted by Crippen LogP contribution is 2.12. The molecular weight excluding hydrogens is 136 g/mol. The summed E-state index contributed by atoms with van der Waals surface area (Å²) >= 11 is 0. The third-order valence-corrected chi connectivity index (χ3v) is 3.83. The Morgan fingerprint density at radius 3 is 2.44 bits per heavy atom. The first kappa shape index (κ1) is 6.93. The second-order valence-corrected chi connectivity index (χ2v) is 4.60. The highest BCUT2D eigenvalue weighted by atomic mass is 32.2. The van der Waals surface area contributed by atoms with Crippen LogP contribution in [0.3, 0.4) is 0 Å². The molecule has 0 unspecified atom stereocenters. The highest BCUT2D eigenvalue weighted by Gasteiger charge is 2.26. The first-order valence-electron chi connectivity index (χ1n) is 3.15. The van der Waals surface area contributed by atoms with E-state index in [0.717, 1.165) is 11.5 Å². The van der Waals surface area contributed by atoms with Gasteiger partial charge in [-0.15, -0.1) is 0 Å². The molecule has 0 amide bonds. The predicted molar refractivity (Wildman–Crippen MR) is 38.8 cm³/mol. The van der Waals surface area contributed by atoms with Gasteiger partial charge in [-0.3, -0.25) is 0 Å². The maximum Gasteiger partial charge on any atom is 0.353 e. The van der Waals surface area contributed by atoms with Crippen molar-refractivity contribution < 1.29 is 9.90 Å². The van der Waals surface area contributed by atoms with Gasteiger partial charge in [-0.25, -0.2) is 4.79 Å². The van der Waals surface area contributed by atoms with Crippen molar-refractivity contribution in [1.29, 1.82) is 0 Å². The number of carboxylic acids is 1. The minimum absolute atomic E-state index is 0.243. The number of carboxylic acid groups (broad SMARTS) is 1. The lowest BCUT2D eigenvalue weighted by atomic mass is 10.4. The fourth-order valence-corrected chi connectivity index (χ4v) is 3.10. The van der Waals surface area contributed by atoms with Gasteiger partial charge in [0.1, 0.15) is 11.5 Å². The van der Waals surface area contributed by atoms with Crippen LogP contribution in [0, 0.1) is 0 Å². The van der Waals surface area contributed by atoms with Crippen LogP contribution >= 0.6 is 0 Å². The molecule has 9 heavy (non-hydrogen) atoms. The molecule has 1 rings (SSSR count). The van der Waals surface area contributed by atoms with E-state index in [1.54, 1.807) is 0 Å². The van der Waals surface area contributed by atoms with Gasteiger partial charge in [-0.2, -0.15) is 0 Å². The summed E-state index contributed by atoms with van der Waals surface area (Å²) in [6.45, 7) is 0. The van der Waals surface area contributed by atoms with Crippen LogP contribution in [0.25, 0.3) is 0 Å². The highest BCUT2D eigenvalue weighted by molar-refractivity contribution is 7.97. The molecule has 52 valence electrons. The zero-order valence-corrected chi connectivity index (χ0v) is 6.12. The van der Waals surface area contributed by atoms with Crippen molar-refractivity contribution in [3.05, 3.63) is 0 Å². The predicted octanol–water partition coefficient (Wildman–Crippen LogP) is 0.483. The topological polar surface area (TPSA) is 37.3 Å². The van der Waals surface area contributed by atoms with E-state index in [4.69, 9.17) is 5.11 Å². The maximum atomic E-state index is 10.2. The van der Waals surface area contributed by atoms with Gasteiger partial charge >= 0.3 is 5.97 Å². The fraction of sp³-hybridized carbons (Fsp3) is 0.833. The van der Waals surface area contributed by atoms with E-state index in [-0.39, 0.29) is 10.9 Å². The van der Waals surface area contributed by atoms with Crippen LogP contribution in [0.2, 0.25) is 0 Å². The van der Waals surface area contributed by atoms with E-state index in [2.05, 4.69) is 0 Å². The van der Waals surface area contributed by atoms with Gasteiger partial charge in [0.15, 0.2) is 0 Å². The Morgan fingerprint density at radius 2 is 2.00 bits per heavy atom. The molecule has 1 saturated heterocycles. The summed E-state index contributed by atoms with van der Waals surface area (Å²) in [5, 5.41) is 8.38. The largest absolute Gasteiger partial charge is 0.478 e. The van der Waals surface area contributed by atoms with Gasteiger partial charge in [-0.1, -0.05) is 0 Å². The second-order valence-electron chi connectivity index (χ2n) is 2.27. The molecule has 0 bridgehead atoms. The number of hydrogen-bond donors (Lipinski definition) is 1. The summed E-state index contributed by atoms with van der Waals surface area (Å²) in [6.07, 6.45) is 2.49. The maximum absolute atomic E-state index is 10.2. The SMILES string of the molecule is O=C(O)C[S+]1CCCC1. The van der Waals surface area contributed by atoms with Crippen molar-refractivity contribution in [3.63, 3.8) is 0 Å². The van der Waals surface area contributed by atoms with Crippen molar-refractivity contribution in [2.75, 3.05) is 17.3 Å². The van der Waals surface area contributed by atoms with Gasteiger partial charge < -0.3 is 5.11 Å². The van der Waals surface area contributed by atoms with Crippen LogP contribution in [-0.4, -0.2) is 28.3 Å². The monoisotopic (exact) mass is 147 g/mol. The zero-order valence-electron chi connectivity index (χ0n) is 5.30. The van der Waals surface area contributed by atoms with E-state index in [9.17, 15) is 4.79 Å². The Labute approximate surface area is 57.6 Å². The molecule has 0 saturated carbocycles. The van der Waals surface area contributed by atoms with Gasteiger partial charge in [-0.05, 0) is 23.7 Å². The Morgan fingerprint density at radius 1 is 1.44 bits per heavy atom. The molecule has 0 aromatic rings. The zero-order chi connectivity index (χ0) is 6.69. The summed E-state index contributed by atoms with van der Waals surface area (Å²) in [5.41, 5.74) is 0. The van der Waals surface area contributed by atoms with Crippen LogP contribution in [0.15, 0.2) is 0 Å². The van der Waals surface area contributed by atoms with E-state index in [1.807, 2.05) is 0 Å². The molecule has 1 aliphatic rings. The van der Waals surface area contributed by atoms with Crippen LogP contribution in [0.1, 0.15) is 12.8 Å². The Kier molecular flexibility index (Phi) is 2.39. The molecule has 1 aliphatic heterocycles. The van der Waals surface area contributed by atoms with Crippen molar-refractivity contribution >= 4 is 16.9 Å². The van der Waals surface area contributed by atoms with Crippen molar-refractivity contribution in [2.45, 2.75) is 12.8 Å². The third kappa shape index (κ3) is 2.26. The van der Waals surface area contributed by atoms with Gasteiger partial charge in [0.25, 0.3) is 0 Å². The molecule has 0 radical (unpaired) electrons. The summed E-state index contributed by atoms with van der Waals surface area (Å²) < 4.78 is 0. The average Bonchev–Trinajstić information content (AvgIpc) is 2.15. The molecule has 0 aromatic carbocycles. The average molecular weight is 147 g/mol. The van der Waals surface area contributed by atoms with Crippen molar-refractivity contribution in [2.24, 2.45) is 0 Å². The summed E-state index contributed by atoms with van der Waals surface area (Å²) in [6, 6.07) is 0. The summed E-state index contributed by atoms with van der Waals surface area (Å²) in [5.74, 6) is 2.11. The van der Waals surface area contributed by atoms with Crippen LogP contribution in [-0.2, 0) is 15.7 Å². The number of aliphatic carboxylic acids is 1. The lowest BCUT2D eigenvalue weighted by molar-refractivity contribution is -0.133. The van der Waals surface area contributed by atoms with Crippen molar-refractivity contribution in [3.8, 4) is 0 Å². The standard InChI is InChI=1S/C6H10O2S/c7-6(8)5-9-3-1-2-4-9/h1-5H2/p+1. The molecule has 1 heterocycles. The van der Waals surface area contributed by atoms with Crippen molar-refractivity contribution in [1.82, 2.24) is 0 Å². The molecule has 0 atom stereocenters. The van der Waals surface area contributed by atoms with Gasteiger partial charge in [0.2, 0.25) is 5.75 Å². The Hall–Kier alpha value is -0.180. The van der Waals surface area contributed by atoms with Gasteiger partial charge in [0.05, 0.1) is 0 Å². The normalized spacial score (nSPS) is 20.4. The van der Waals surface area contributed by atoms with Crippen LogP contribution in [0.4, 0.5) is 0 Å². The van der Waals surface area contributed by atoms with E-state index in [1.165, 1.54) is 12.8 Å². The summed E-state index contributed by atoms with van der Waals surface area (Å²) in [4.78, 5) is 10.2. The lowest BCUT2D eigenvalue weighted by Crippen LogP contribution is -2.16. The van der Waals surface area contributed by atoms with Gasteiger partial charge in [0, 0.05) is 0 Å². The number of carbonyl (C=O) groups is 1. The first-order valence-corrected chi connectivity index (χ1v) is 4.88. The molecule has 0 aromatic heterocycles. The first-order chi connectivity index (χ1) is 4.29. The third-order valence-electron chi connectivity index (χ3n) is 1.44. The smallest absolute Gasteiger partial charge is 0.353 e. The fourth-order valence-electron chi connectivity index (χ4n) is 1.03. The molecule has 1 N–H and O–H groups in total. The number of hydrogen-bond acceptors (Lipinski definition) is 1. The van der Waals surface area contributed by atoms with E-state index in [0.29, 0.717) is 5.75 Å². The van der Waals surface area contributed by atoms with Crippen LogP contribution in [0.5, 0.6) is 0 Å². The Balaban J connectivity index is 2.19.